The van der Waals surface area contributed by atoms with Crippen LogP contribution in [0.4, 0.5) is 0 Å². The molecule has 1 atom stereocenters. The van der Waals surface area contributed by atoms with Gasteiger partial charge in [-0.25, -0.2) is 9.97 Å². The van der Waals surface area contributed by atoms with Gasteiger partial charge in [-0.2, -0.15) is 0 Å². The SMILES string of the molecule is COc1ccc(C(=O)[C@@H](C)OC(=O)CSc2ncnc3sccc23)cc1. The summed E-state index contributed by atoms with van der Waals surface area (Å²) in [6.07, 6.45) is 0.616. The van der Waals surface area contributed by atoms with Gasteiger partial charge < -0.3 is 9.47 Å². The van der Waals surface area contributed by atoms with E-state index < -0.39 is 12.1 Å². The number of methoxy groups -OCH3 is 1. The van der Waals surface area contributed by atoms with E-state index in [1.165, 1.54) is 29.4 Å². The third kappa shape index (κ3) is 4.20. The fourth-order valence-corrected chi connectivity index (χ4v) is 3.85. The Labute approximate surface area is 158 Å². The van der Waals surface area contributed by atoms with Crippen LogP contribution in [0.15, 0.2) is 47.1 Å². The molecule has 0 spiro atoms. The Balaban J connectivity index is 1.56. The maximum Gasteiger partial charge on any atom is 0.317 e. The molecule has 2 heterocycles. The molecule has 0 bridgehead atoms. The molecule has 0 amide bonds. The van der Waals surface area contributed by atoms with Crippen LogP contribution in [0.25, 0.3) is 10.2 Å². The Morgan fingerprint density at radius 1 is 1.19 bits per heavy atom. The summed E-state index contributed by atoms with van der Waals surface area (Å²) >= 11 is 2.79. The van der Waals surface area contributed by atoms with Crippen LogP contribution in [-0.2, 0) is 9.53 Å². The molecule has 1 aromatic carbocycles. The number of carbonyl (C=O) groups is 2. The minimum atomic E-state index is -0.858. The van der Waals surface area contributed by atoms with Crippen molar-refractivity contribution in [1.82, 2.24) is 9.97 Å². The zero-order chi connectivity index (χ0) is 18.5. The number of hydrogen-bond donors (Lipinski definition) is 0. The summed E-state index contributed by atoms with van der Waals surface area (Å²) in [6.45, 7) is 1.57. The summed E-state index contributed by atoms with van der Waals surface area (Å²) in [7, 11) is 1.56. The van der Waals surface area contributed by atoms with E-state index in [1.807, 2.05) is 11.4 Å². The van der Waals surface area contributed by atoms with E-state index in [0.717, 1.165) is 15.2 Å². The van der Waals surface area contributed by atoms with Crippen LogP contribution in [0.2, 0.25) is 0 Å². The normalized spacial score (nSPS) is 11.9. The van der Waals surface area contributed by atoms with Crippen molar-refractivity contribution < 1.29 is 19.1 Å². The van der Waals surface area contributed by atoms with Crippen LogP contribution in [0.5, 0.6) is 5.75 Å². The van der Waals surface area contributed by atoms with Crippen molar-refractivity contribution >= 4 is 45.1 Å². The van der Waals surface area contributed by atoms with E-state index in [9.17, 15) is 9.59 Å². The van der Waals surface area contributed by atoms with Crippen LogP contribution in [0, 0.1) is 0 Å². The van der Waals surface area contributed by atoms with Crippen molar-refractivity contribution in [2.45, 2.75) is 18.1 Å². The molecule has 0 radical (unpaired) electrons. The second kappa shape index (κ2) is 8.29. The molecule has 0 aliphatic heterocycles. The molecule has 0 unspecified atom stereocenters. The number of thioether (sulfide) groups is 1. The van der Waals surface area contributed by atoms with E-state index in [4.69, 9.17) is 9.47 Å². The summed E-state index contributed by atoms with van der Waals surface area (Å²) in [6, 6.07) is 8.60. The first kappa shape index (κ1) is 18.3. The third-order valence-corrected chi connectivity index (χ3v) is 5.40. The van der Waals surface area contributed by atoms with Crippen molar-refractivity contribution in [3.05, 3.63) is 47.6 Å². The predicted molar refractivity (Wildman–Crippen MR) is 101 cm³/mol. The quantitative estimate of drug-likeness (QED) is 0.265. The summed E-state index contributed by atoms with van der Waals surface area (Å²) in [5.41, 5.74) is 0.467. The number of hydrogen-bond acceptors (Lipinski definition) is 8. The fraction of sp³-hybridized carbons (Fsp3) is 0.222. The van der Waals surface area contributed by atoms with Crippen LogP contribution in [0.3, 0.4) is 0 Å². The van der Waals surface area contributed by atoms with E-state index in [1.54, 1.807) is 38.3 Å². The topological polar surface area (TPSA) is 78.4 Å². The van der Waals surface area contributed by atoms with E-state index in [-0.39, 0.29) is 11.5 Å². The first-order valence-electron chi connectivity index (χ1n) is 7.77. The number of Topliss-reactive ketones (excluding diaryl/α,β-unsaturated/α-hetero) is 1. The molecule has 2 aromatic heterocycles. The second-order valence-corrected chi connectivity index (χ2v) is 7.19. The number of rotatable bonds is 7. The lowest BCUT2D eigenvalue weighted by Gasteiger charge is -2.12. The number of ketones is 1. The molecular weight excluding hydrogens is 372 g/mol. The standard InChI is InChI=1S/C18H16N2O4S2/c1-11(16(22)12-3-5-13(23-2)6-4-12)24-15(21)9-26-18-14-7-8-25-17(14)19-10-20-18/h3-8,10-11H,9H2,1-2H3/t11-/m1/s1. The molecular formula is C18H16N2O4S2. The zero-order valence-corrected chi connectivity index (χ0v) is 15.8. The number of aromatic nitrogens is 2. The Bertz CT molecular complexity index is 924. The highest BCUT2D eigenvalue weighted by molar-refractivity contribution is 8.00. The highest BCUT2D eigenvalue weighted by Crippen LogP contribution is 2.27. The molecule has 6 nitrogen and oxygen atoms in total. The fourth-order valence-electron chi connectivity index (χ4n) is 2.28. The van der Waals surface area contributed by atoms with Gasteiger partial charge >= 0.3 is 5.97 Å². The van der Waals surface area contributed by atoms with Gasteiger partial charge in [-0.15, -0.1) is 11.3 Å². The van der Waals surface area contributed by atoms with Gasteiger partial charge in [-0.3, -0.25) is 9.59 Å². The largest absolute Gasteiger partial charge is 0.497 e. The maximum absolute atomic E-state index is 12.4. The van der Waals surface area contributed by atoms with Crippen molar-refractivity contribution in [3.63, 3.8) is 0 Å². The molecule has 0 aliphatic rings. The number of carbonyl (C=O) groups excluding carboxylic acids is 2. The molecule has 134 valence electrons. The number of fused-ring (bicyclic) bond motifs is 1. The summed E-state index contributed by atoms with van der Waals surface area (Å²) in [4.78, 5) is 33.7. The Morgan fingerprint density at radius 3 is 2.69 bits per heavy atom. The van der Waals surface area contributed by atoms with Crippen molar-refractivity contribution in [2.75, 3.05) is 12.9 Å². The van der Waals surface area contributed by atoms with Gasteiger partial charge in [0.2, 0.25) is 5.78 Å². The van der Waals surface area contributed by atoms with Crippen LogP contribution < -0.4 is 4.74 Å². The summed E-state index contributed by atoms with van der Waals surface area (Å²) in [5.74, 6) is 0.00848. The third-order valence-electron chi connectivity index (χ3n) is 3.60. The van der Waals surface area contributed by atoms with Crippen LogP contribution in [0.1, 0.15) is 17.3 Å². The molecule has 3 rings (SSSR count). The second-order valence-electron chi connectivity index (χ2n) is 5.33. The molecule has 0 saturated carbocycles. The van der Waals surface area contributed by atoms with Gasteiger partial charge in [-0.05, 0) is 42.6 Å². The van der Waals surface area contributed by atoms with Gasteiger partial charge in [0.15, 0.2) is 6.10 Å². The molecule has 3 aromatic rings. The van der Waals surface area contributed by atoms with Crippen LogP contribution >= 0.6 is 23.1 Å². The number of nitrogens with zero attached hydrogens (tertiary/aromatic N) is 2. The van der Waals surface area contributed by atoms with E-state index in [0.29, 0.717) is 11.3 Å². The minimum Gasteiger partial charge on any atom is -0.497 e. The number of benzene rings is 1. The zero-order valence-electron chi connectivity index (χ0n) is 14.2. The van der Waals surface area contributed by atoms with Crippen molar-refractivity contribution in [1.29, 1.82) is 0 Å². The first-order chi connectivity index (χ1) is 12.6. The first-order valence-corrected chi connectivity index (χ1v) is 9.63. The molecule has 26 heavy (non-hydrogen) atoms. The Hall–Kier alpha value is -2.45. The number of ether oxygens (including phenoxy) is 2. The number of thiophene rings is 1. The lowest BCUT2D eigenvalue weighted by atomic mass is 10.1. The van der Waals surface area contributed by atoms with Gasteiger partial charge in [-0.1, -0.05) is 11.8 Å². The average molecular weight is 388 g/mol. The Morgan fingerprint density at radius 2 is 1.96 bits per heavy atom. The van der Waals surface area contributed by atoms with Gasteiger partial charge in [0.1, 0.15) is 21.9 Å². The van der Waals surface area contributed by atoms with Gasteiger partial charge in [0, 0.05) is 10.9 Å². The van der Waals surface area contributed by atoms with E-state index >= 15 is 0 Å². The van der Waals surface area contributed by atoms with E-state index in [2.05, 4.69) is 9.97 Å². The van der Waals surface area contributed by atoms with Crippen molar-refractivity contribution in [2.24, 2.45) is 0 Å². The Kier molecular flexibility index (Phi) is 5.85. The lowest BCUT2D eigenvalue weighted by Crippen LogP contribution is -2.25. The lowest BCUT2D eigenvalue weighted by molar-refractivity contribution is -0.143. The average Bonchev–Trinajstić information content (AvgIpc) is 3.15. The minimum absolute atomic E-state index is 0.0716. The molecule has 0 saturated heterocycles. The summed E-state index contributed by atoms with van der Waals surface area (Å²) < 4.78 is 10.3. The molecule has 0 aliphatic carbocycles. The summed E-state index contributed by atoms with van der Waals surface area (Å²) in [5, 5.41) is 3.57. The molecule has 0 fully saturated rings. The molecule has 0 N–H and O–H groups in total. The van der Waals surface area contributed by atoms with Crippen molar-refractivity contribution in [3.8, 4) is 5.75 Å². The monoisotopic (exact) mass is 388 g/mol. The molecule has 8 heteroatoms. The predicted octanol–water partition coefficient (Wildman–Crippen LogP) is 3.61. The highest BCUT2D eigenvalue weighted by atomic mass is 32.2. The van der Waals surface area contributed by atoms with Crippen LogP contribution in [-0.4, -0.2) is 40.7 Å². The van der Waals surface area contributed by atoms with Gasteiger partial charge in [0.25, 0.3) is 0 Å². The maximum atomic E-state index is 12.4. The van der Waals surface area contributed by atoms with Gasteiger partial charge in [0.05, 0.1) is 12.9 Å². The smallest absolute Gasteiger partial charge is 0.317 e. The highest BCUT2D eigenvalue weighted by Gasteiger charge is 2.20. The number of esters is 1.